The molecule has 0 atom stereocenters. The molecule has 0 unspecified atom stereocenters. The molecular formula is C86H54N6. The van der Waals surface area contributed by atoms with E-state index in [1.165, 1.54) is 97.7 Å². The summed E-state index contributed by atoms with van der Waals surface area (Å²) in [6, 6.07) is 115. The van der Waals surface area contributed by atoms with Gasteiger partial charge >= 0.3 is 0 Å². The van der Waals surface area contributed by atoms with Crippen LogP contribution < -0.4 is 0 Å². The number of rotatable bonds is 8. The van der Waals surface area contributed by atoms with Crippen LogP contribution in [0.3, 0.4) is 0 Å². The van der Waals surface area contributed by atoms with Gasteiger partial charge in [0, 0.05) is 33.4 Å². The lowest BCUT2D eigenvalue weighted by Gasteiger charge is -2.15. The summed E-state index contributed by atoms with van der Waals surface area (Å²) in [5, 5.41) is 19.8. The fourth-order valence-corrected chi connectivity index (χ4v) is 13.3. The molecule has 428 valence electrons. The molecule has 0 N–H and O–H groups in total. The van der Waals surface area contributed by atoms with Crippen molar-refractivity contribution in [1.29, 1.82) is 0 Å². The van der Waals surface area contributed by atoms with Crippen molar-refractivity contribution in [3.8, 4) is 90.6 Å². The Morgan fingerprint density at radius 3 is 0.870 bits per heavy atom. The van der Waals surface area contributed by atoms with Crippen molar-refractivity contribution in [2.45, 2.75) is 0 Å². The zero-order valence-electron chi connectivity index (χ0n) is 49.9. The van der Waals surface area contributed by atoms with Gasteiger partial charge in [-0.1, -0.05) is 303 Å². The Bertz CT molecular complexity index is 5760. The molecule has 18 aromatic rings. The number of fused-ring (bicyclic) bond motifs is 12. The van der Waals surface area contributed by atoms with E-state index in [0.717, 1.165) is 44.2 Å². The maximum atomic E-state index is 5.01. The number of nitrogens with zero attached hydrogens (tertiary/aromatic N) is 6. The largest absolute Gasteiger partial charge is 0.208 e. The van der Waals surface area contributed by atoms with Crippen molar-refractivity contribution >= 4 is 86.2 Å². The number of aromatic nitrogens is 6. The van der Waals surface area contributed by atoms with Crippen LogP contribution in [0.1, 0.15) is 0 Å². The molecule has 2 heterocycles. The van der Waals surface area contributed by atoms with Crippen molar-refractivity contribution in [3.05, 3.63) is 328 Å². The molecule has 0 aliphatic carbocycles. The van der Waals surface area contributed by atoms with Gasteiger partial charge in [0.1, 0.15) is 0 Å². The van der Waals surface area contributed by atoms with E-state index in [1.54, 1.807) is 0 Å². The van der Waals surface area contributed by atoms with E-state index < -0.39 is 0 Å². The first-order chi connectivity index (χ1) is 45.6. The Kier molecular flexibility index (Phi) is 13.4. The van der Waals surface area contributed by atoms with E-state index in [1.807, 2.05) is 121 Å². The number of hydrogen-bond donors (Lipinski definition) is 0. The molecule has 0 bridgehead atoms. The van der Waals surface area contributed by atoms with Gasteiger partial charge in [-0.2, -0.15) is 0 Å². The maximum absolute atomic E-state index is 5.01. The smallest absolute Gasteiger partial charge is 0.164 e. The van der Waals surface area contributed by atoms with Crippen LogP contribution in [0.2, 0.25) is 0 Å². The molecule has 0 spiro atoms. The van der Waals surface area contributed by atoms with Gasteiger partial charge < -0.3 is 0 Å². The lowest BCUT2D eigenvalue weighted by Crippen LogP contribution is -2.00. The summed E-state index contributed by atoms with van der Waals surface area (Å²) in [5.74, 6) is 3.94. The molecule has 0 amide bonds. The van der Waals surface area contributed by atoms with E-state index >= 15 is 0 Å². The van der Waals surface area contributed by atoms with Crippen molar-refractivity contribution in [2.24, 2.45) is 0 Å². The summed E-state index contributed by atoms with van der Waals surface area (Å²) >= 11 is 0. The topological polar surface area (TPSA) is 77.3 Å². The van der Waals surface area contributed by atoms with Gasteiger partial charge in [0.05, 0.1) is 0 Å². The highest BCUT2D eigenvalue weighted by Gasteiger charge is 2.19. The first kappa shape index (κ1) is 53.8. The van der Waals surface area contributed by atoms with Gasteiger partial charge in [0.25, 0.3) is 0 Å². The van der Waals surface area contributed by atoms with Crippen molar-refractivity contribution < 1.29 is 0 Å². The lowest BCUT2D eigenvalue weighted by molar-refractivity contribution is 1.07. The minimum Gasteiger partial charge on any atom is -0.208 e. The van der Waals surface area contributed by atoms with Crippen molar-refractivity contribution in [1.82, 2.24) is 29.9 Å². The van der Waals surface area contributed by atoms with Crippen LogP contribution in [0.15, 0.2) is 328 Å². The second-order valence-corrected chi connectivity index (χ2v) is 23.3. The standard InChI is InChI=1S/2C43H27N3/c1-3-13-29(14-4-1)41-44-42(30-15-5-2-6-16-30)46-43(45-41)32-23-24-34-31(26-32)17-11-21-35(34)40-27-39-33-18-8-7-12-28(33)22-25-38(39)36-19-9-10-20-37(36)40;1-3-13-30(14-4-1)41-44-42(31-15-5-2-6-16-31)46-43(45-41)32-23-22-29-17-11-21-36(38(29)26-32)40-27-39-33-18-8-7-12-28(33)24-25-37(39)34-19-9-10-20-35(34)40/h2*1-27H. The SMILES string of the molecule is c1ccc(-c2nc(-c3ccccc3)nc(-c3ccc4c(-c5cc6c7ccccc7ccc6c6ccccc56)cccc4c3)n2)cc1.c1ccc(-c2nc(-c3ccccc3)nc(-c3ccc4cccc(-c5cc6c7ccccc7ccc6c6ccccc56)c4c3)n2)cc1. The number of hydrogen-bond acceptors (Lipinski definition) is 6. The van der Waals surface area contributed by atoms with E-state index in [2.05, 4.69) is 206 Å². The molecule has 6 heteroatoms. The molecule has 6 nitrogen and oxygen atoms in total. The van der Waals surface area contributed by atoms with Gasteiger partial charge in [-0.3, -0.25) is 0 Å². The normalized spacial score (nSPS) is 11.5. The van der Waals surface area contributed by atoms with Gasteiger partial charge in [-0.15, -0.1) is 0 Å². The Morgan fingerprint density at radius 1 is 0.130 bits per heavy atom. The summed E-state index contributed by atoms with van der Waals surface area (Å²) in [4.78, 5) is 29.7. The Morgan fingerprint density at radius 2 is 0.424 bits per heavy atom. The third kappa shape index (κ3) is 9.80. The molecule has 0 fully saturated rings. The van der Waals surface area contributed by atoms with E-state index in [-0.39, 0.29) is 0 Å². The quantitative estimate of drug-likeness (QED) is 0.141. The monoisotopic (exact) mass is 1170 g/mol. The van der Waals surface area contributed by atoms with Crippen LogP contribution in [0.25, 0.3) is 177 Å². The van der Waals surface area contributed by atoms with Crippen molar-refractivity contribution in [2.75, 3.05) is 0 Å². The van der Waals surface area contributed by atoms with Gasteiger partial charge in [-0.25, -0.2) is 29.9 Å². The highest BCUT2D eigenvalue weighted by atomic mass is 15.0. The Labute approximate surface area is 531 Å². The molecule has 18 rings (SSSR count). The third-order valence-electron chi connectivity index (χ3n) is 17.8. The van der Waals surface area contributed by atoms with Crippen molar-refractivity contribution in [3.63, 3.8) is 0 Å². The Hall–Kier alpha value is -12.4. The van der Waals surface area contributed by atoms with Crippen LogP contribution in [0.4, 0.5) is 0 Å². The molecule has 2 aromatic heterocycles. The molecule has 0 radical (unpaired) electrons. The van der Waals surface area contributed by atoms with Crippen LogP contribution in [-0.4, -0.2) is 29.9 Å². The molecule has 0 saturated heterocycles. The predicted molar refractivity (Wildman–Crippen MR) is 383 cm³/mol. The second-order valence-electron chi connectivity index (χ2n) is 23.3. The summed E-state index contributed by atoms with van der Waals surface area (Å²) in [7, 11) is 0. The summed E-state index contributed by atoms with van der Waals surface area (Å²) in [6.45, 7) is 0. The molecule has 0 aliphatic heterocycles. The van der Waals surface area contributed by atoms with Crippen LogP contribution in [0, 0.1) is 0 Å². The average Bonchev–Trinajstić information content (AvgIpc) is 0.807. The highest BCUT2D eigenvalue weighted by molar-refractivity contribution is 6.24. The zero-order chi connectivity index (χ0) is 60.9. The molecule has 92 heavy (non-hydrogen) atoms. The van der Waals surface area contributed by atoms with Gasteiger partial charge in [-0.05, 0) is 133 Å². The first-order valence-corrected chi connectivity index (χ1v) is 31.1. The molecule has 0 saturated carbocycles. The minimum atomic E-state index is 0.652. The summed E-state index contributed by atoms with van der Waals surface area (Å²) in [6.07, 6.45) is 0. The van der Waals surface area contributed by atoms with Crippen LogP contribution in [-0.2, 0) is 0 Å². The fraction of sp³-hybridized carbons (Fsp3) is 0. The predicted octanol–water partition coefficient (Wildman–Crippen LogP) is 22.3. The van der Waals surface area contributed by atoms with E-state index in [9.17, 15) is 0 Å². The average molecular weight is 1170 g/mol. The molecule has 16 aromatic carbocycles. The number of benzene rings is 16. The van der Waals surface area contributed by atoms with Crippen LogP contribution >= 0.6 is 0 Å². The second kappa shape index (κ2) is 23.0. The maximum Gasteiger partial charge on any atom is 0.164 e. The summed E-state index contributed by atoms with van der Waals surface area (Å²) < 4.78 is 0. The lowest BCUT2D eigenvalue weighted by atomic mass is 9.89. The first-order valence-electron chi connectivity index (χ1n) is 31.1. The third-order valence-corrected chi connectivity index (χ3v) is 17.8. The Balaban J connectivity index is 0.000000141. The van der Waals surface area contributed by atoms with Gasteiger partial charge in [0.15, 0.2) is 34.9 Å². The fourth-order valence-electron chi connectivity index (χ4n) is 13.3. The minimum absolute atomic E-state index is 0.652. The highest BCUT2D eigenvalue weighted by Crippen LogP contribution is 2.44. The summed E-state index contributed by atoms with van der Waals surface area (Å²) in [5.41, 5.74) is 10.6. The van der Waals surface area contributed by atoms with Crippen LogP contribution in [0.5, 0.6) is 0 Å². The zero-order valence-corrected chi connectivity index (χ0v) is 49.9. The molecule has 0 aliphatic rings. The molecular weight excluding hydrogens is 1120 g/mol. The van der Waals surface area contributed by atoms with Gasteiger partial charge in [0.2, 0.25) is 0 Å². The van der Waals surface area contributed by atoms with E-state index in [0.29, 0.717) is 34.9 Å². The van der Waals surface area contributed by atoms with E-state index in [4.69, 9.17) is 29.9 Å².